The van der Waals surface area contributed by atoms with E-state index in [-0.39, 0.29) is 11.9 Å². The minimum absolute atomic E-state index is 0.0925. The Morgan fingerprint density at radius 3 is 3.00 bits per heavy atom. The van der Waals surface area contributed by atoms with Crippen LogP contribution in [0.1, 0.15) is 30.1 Å². The number of furan rings is 1. The maximum absolute atomic E-state index is 11.7. The van der Waals surface area contributed by atoms with E-state index in [1.54, 1.807) is 6.07 Å². The summed E-state index contributed by atoms with van der Waals surface area (Å²) in [7, 11) is 0. The Balaban J connectivity index is 2.61. The molecule has 1 heterocycles. The van der Waals surface area contributed by atoms with Crippen LogP contribution in [0.15, 0.2) is 21.8 Å². The normalized spacial score (nSPS) is 11.8. The number of amides is 1. The smallest absolute Gasteiger partial charge is 0.254 e. The van der Waals surface area contributed by atoms with Crippen molar-refractivity contribution in [3.63, 3.8) is 0 Å². The highest BCUT2D eigenvalue weighted by atomic mass is 32.2. The van der Waals surface area contributed by atoms with E-state index in [0.29, 0.717) is 17.1 Å². The lowest BCUT2D eigenvalue weighted by atomic mass is 10.1. The molecule has 16 heavy (non-hydrogen) atoms. The summed E-state index contributed by atoms with van der Waals surface area (Å²) in [5.74, 6) is -0.189. The van der Waals surface area contributed by atoms with Gasteiger partial charge in [-0.15, -0.1) is 0 Å². The molecule has 0 fully saturated rings. The van der Waals surface area contributed by atoms with Gasteiger partial charge >= 0.3 is 0 Å². The molecule has 0 aliphatic rings. The van der Waals surface area contributed by atoms with E-state index < -0.39 is 0 Å². The Morgan fingerprint density at radius 1 is 1.75 bits per heavy atom. The first kappa shape index (κ1) is 12.7. The van der Waals surface area contributed by atoms with Crippen LogP contribution in [0.25, 0.3) is 0 Å². The van der Waals surface area contributed by atoms with Gasteiger partial charge in [0.25, 0.3) is 5.91 Å². The second-order valence-corrected chi connectivity index (χ2v) is 4.11. The Hall–Kier alpha value is -1.41. The summed E-state index contributed by atoms with van der Waals surface area (Å²) < 4.78 is 5.15. The molecule has 0 saturated carbocycles. The van der Waals surface area contributed by atoms with Gasteiger partial charge in [0.2, 0.25) is 0 Å². The van der Waals surface area contributed by atoms with Crippen LogP contribution in [0.4, 0.5) is 0 Å². The molecule has 0 bridgehead atoms. The summed E-state index contributed by atoms with van der Waals surface area (Å²) in [5.41, 5.74) is 0.501. The van der Waals surface area contributed by atoms with Crippen molar-refractivity contribution in [1.29, 1.82) is 5.26 Å². The largest absolute Gasteiger partial charge is 0.457 e. The standard InChI is InChI=1S/C11H14N2O2S/c1-3-9(4-5-12)13-11(14)8-6-10(16-2)15-7-8/h6-7,9H,3-4H2,1-2H3,(H,13,14). The van der Waals surface area contributed by atoms with Crippen LogP contribution in [0, 0.1) is 11.3 Å². The molecule has 0 aromatic carbocycles. The van der Waals surface area contributed by atoms with E-state index in [9.17, 15) is 4.79 Å². The summed E-state index contributed by atoms with van der Waals surface area (Å²) in [6.07, 6.45) is 4.38. The van der Waals surface area contributed by atoms with Gasteiger partial charge < -0.3 is 9.73 Å². The molecule has 1 N–H and O–H groups in total. The molecule has 0 radical (unpaired) electrons. The maximum Gasteiger partial charge on any atom is 0.254 e. The molecule has 1 amide bonds. The van der Waals surface area contributed by atoms with Gasteiger partial charge in [0.15, 0.2) is 5.09 Å². The van der Waals surface area contributed by atoms with Gasteiger partial charge in [0, 0.05) is 12.1 Å². The first-order chi connectivity index (χ1) is 7.71. The molecule has 1 aromatic heterocycles. The minimum atomic E-state index is -0.189. The van der Waals surface area contributed by atoms with Crippen molar-refractivity contribution < 1.29 is 9.21 Å². The number of nitrogens with zero attached hydrogens (tertiary/aromatic N) is 1. The molecule has 86 valence electrons. The topological polar surface area (TPSA) is 66.0 Å². The molecule has 5 heteroatoms. The molecule has 1 atom stereocenters. The summed E-state index contributed by atoms with van der Waals surface area (Å²) in [5, 5.41) is 12.1. The van der Waals surface area contributed by atoms with Crippen LogP contribution in [0.2, 0.25) is 0 Å². The Kier molecular flexibility index (Phi) is 4.93. The number of thioether (sulfide) groups is 1. The number of hydrogen-bond acceptors (Lipinski definition) is 4. The highest BCUT2D eigenvalue weighted by Gasteiger charge is 2.14. The van der Waals surface area contributed by atoms with Crippen LogP contribution < -0.4 is 5.32 Å². The fourth-order valence-electron chi connectivity index (χ4n) is 1.22. The lowest BCUT2D eigenvalue weighted by molar-refractivity contribution is 0.0936. The monoisotopic (exact) mass is 238 g/mol. The summed E-state index contributed by atoms with van der Waals surface area (Å²) >= 11 is 1.44. The summed E-state index contributed by atoms with van der Waals surface area (Å²) in [6, 6.07) is 3.65. The maximum atomic E-state index is 11.7. The van der Waals surface area contributed by atoms with E-state index in [1.165, 1.54) is 18.0 Å². The van der Waals surface area contributed by atoms with Gasteiger partial charge in [-0.2, -0.15) is 5.26 Å². The van der Waals surface area contributed by atoms with Crippen LogP contribution in [-0.2, 0) is 0 Å². The summed E-state index contributed by atoms with van der Waals surface area (Å²) in [4.78, 5) is 11.7. The van der Waals surface area contributed by atoms with Crippen molar-refractivity contribution in [3.8, 4) is 6.07 Å². The molecule has 0 aliphatic carbocycles. The molecular formula is C11H14N2O2S. The lowest BCUT2D eigenvalue weighted by Gasteiger charge is -2.12. The average Bonchev–Trinajstić information content (AvgIpc) is 2.76. The van der Waals surface area contributed by atoms with Gasteiger partial charge in [-0.25, -0.2) is 0 Å². The number of carbonyl (C=O) groups excluding carboxylic acids is 1. The predicted octanol–water partition coefficient (Wildman–Crippen LogP) is 2.42. The van der Waals surface area contributed by atoms with Crippen LogP contribution in [0.5, 0.6) is 0 Å². The molecule has 0 spiro atoms. The number of nitrogens with one attached hydrogen (secondary N) is 1. The van der Waals surface area contributed by atoms with Crippen molar-refractivity contribution in [2.45, 2.75) is 30.9 Å². The molecule has 0 aliphatic heterocycles. The van der Waals surface area contributed by atoms with Gasteiger partial charge in [-0.3, -0.25) is 4.79 Å². The predicted molar refractivity (Wildman–Crippen MR) is 62.3 cm³/mol. The second-order valence-electron chi connectivity index (χ2n) is 3.30. The molecule has 1 rings (SSSR count). The van der Waals surface area contributed by atoms with Gasteiger partial charge in [0.1, 0.15) is 6.26 Å². The third-order valence-electron chi connectivity index (χ3n) is 2.20. The van der Waals surface area contributed by atoms with E-state index in [0.717, 1.165) is 6.42 Å². The SMILES string of the molecule is CCC(CC#N)NC(=O)c1coc(SC)c1. The zero-order valence-electron chi connectivity index (χ0n) is 9.32. The fourth-order valence-corrected chi connectivity index (χ4v) is 1.61. The number of rotatable bonds is 5. The Bertz CT molecular complexity index is 395. The first-order valence-electron chi connectivity index (χ1n) is 5.01. The Labute approximate surface area is 99.0 Å². The molecule has 1 unspecified atom stereocenters. The van der Waals surface area contributed by atoms with E-state index in [2.05, 4.69) is 5.32 Å². The third-order valence-corrected chi connectivity index (χ3v) is 2.82. The van der Waals surface area contributed by atoms with Crippen molar-refractivity contribution in [1.82, 2.24) is 5.32 Å². The third kappa shape index (κ3) is 3.31. The molecule has 0 saturated heterocycles. The second kappa shape index (κ2) is 6.23. The molecule has 1 aromatic rings. The highest BCUT2D eigenvalue weighted by Crippen LogP contribution is 2.18. The van der Waals surface area contributed by atoms with E-state index in [1.807, 2.05) is 19.2 Å². The number of carbonyl (C=O) groups is 1. The van der Waals surface area contributed by atoms with Crippen LogP contribution >= 0.6 is 11.8 Å². The zero-order valence-corrected chi connectivity index (χ0v) is 10.1. The fraction of sp³-hybridized carbons (Fsp3) is 0.455. The quantitative estimate of drug-likeness (QED) is 0.800. The van der Waals surface area contributed by atoms with Crippen LogP contribution in [0.3, 0.4) is 0 Å². The lowest BCUT2D eigenvalue weighted by Crippen LogP contribution is -2.33. The van der Waals surface area contributed by atoms with Crippen molar-refractivity contribution in [2.75, 3.05) is 6.26 Å². The number of hydrogen-bond donors (Lipinski definition) is 1. The van der Waals surface area contributed by atoms with Gasteiger partial charge in [-0.1, -0.05) is 18.7 Å². The average molecular weight is 238 g/mol. The molecule has 4 nitrogen and oxygen atoms in total. The van der Waals surface area contributed by atoms with Crippen LogP contribution in [-0.4, -0.2) is 18.2 Å². The van der Waals surface area contributed by atoms with Gasteiger partial charge in [-0.05, 0) is 12.7 Å². The van der Waals surface area contributed by atoms with Gasteiger partial charge in [0.05, 0.1) is 18.1 Å². The minimum Gasteiger partial charge on any atom is -0.457 e. The van der Waals surface area contributed by atoms with Crippen molar-refractivity contribution in [2.24, 2.45) is 0 Å². The highest BCUT2D eigenvalue weighted by molar-refractivity contribution is 7.98. The van der Waals surface area contributed by atoms with E-state index in [4.69, 9.17) is 9.68 Å². The van der Waals surface area contributed by atoms with E-state index >= 15 is 0 Å². The molecular weight excluding hydrogens is 224 g/mol. The first-order valence-corrected chi connectivity index (χ1v) is 6.24. The summed E-state index contributed by atoms with van der Waals surface area (Å²) in [6.45, 7) is 1.94. The number of nitriles is 1. The van der Waals surface area contributed by atoms with Crippen molar-refractivity contribution >= 4 is 17.7 Å². The van der Waals surface area contributed by atoms with Crippen molar-refractivity contribution in [3.05, 3.63) is 17.9 Å². The zero-order chi connectivity index (χ0) is 12.0. The Morgan fingerprint density at radius 2 is 2.50 bits per heavy atom.